The molecule has 1 unspecified atom stereocenters. The van der Waals surface area contributed by atoms with Crippen molar-refractivity contribution in [3.8, 4) is 0 Å². The van der Waals surface area contributed by atoms with Crippen molar-refractivity contribution in [3.05, 3.63) is 77.9 Å². The topological polar surface area (TPSA) is 98.5 Å². The number of nitrogens with one attached hydrogen (secondary N) is 1. The maximum atomic E-state index is 12.4. The Labute approximate surface area is 155 Å². The van der Waals surface area contributed by atoms with E-state index >= 15 is 0 Å². The average Bonchev–Trinajstić information content (AvgIpc) is 2.68. The molecule has 2 amide bonds. The molecule has 3 rings (SSSR count). The van der Waals surface area contributed by atoms with Crippen LogP contribution < -0.4 is 11.1 Å². The summed E-state index contributed by atoms with van der Waals surface area (Å²) >= 11 is 0. The molecule has 3 aromatic rings. The van der Waals surface area contributed by atoms with E-state index in [0.717, 1.165) is 10.8 Å². The predicted octanol–water partition coefficient (Wildman–Crippen LogP) is 3.12. The Hall–Kier alpha value is -3.67. The summed E-state index contributed by atoms with van der Waals surface area (Å²) in [5.74, 6) is -1.68. The minimum Gasteiger partial charge on any atom is -0.449 e. The van der Waals surface area contributed by atoms with Crippen LogP contribution >= 0.6 is 0 Å². The zero-order chi connectivity index (χ0) is 19.4. The molecule has 0 aliphatic rings. The van der Waals surface area contributed by atoms with E-state index in [2.05, 4.69) is 5.32 Å². The van der Waals surface area contributed by atoms with Crippen molar-refractivity contribution in [2.75, 3.05) is 5.32 Å². The number of ether oxygens (including phenoxy) is 1. The normalized spacial score (nSPS) is 11.6. The molecule has 0 aliphatic heterocycles. The number of nitrogens with two attached hydrogens (primary N) is 1. The molecule has 0 fully saturated rings. The van der Waals surface area contributed by atoms with Gasteiger partial charge in [-0.3, -0.25) is 9.59 Å². The van der Waals surface area contributed by atoms with Gasteiger partial charge in [0.15, 0.2) is 6.10 Å². The summed E-state index contributed by atoms with van der Waals surface area (Å²) in [4.78, 5) is 35.7. The van der Waals surface area contributed by atoms with E-state index < -0.39 is 23.9 Å². The van der Waals surface area contributed by atoms with Crippen molar-refractivity contribution in [2.24, 2.45) is 5.73 Å². The van der Waals surface area contributed by atoms with Crippen LogP contribution in [0.25, 0.3) is 10.8 Å². The maximum Gasteiger partial charge on any atom is 0.338 e. The number of esters is 1. The van der Waals surface area contributed by atoms with Crippen LogP contribution in [0.4, 0.5) is 5.69 Å². The summed E-state index contributed by atoms with van der Waals surface area (Å²) in [5, 5.41) is 4.68. The molecule has 0 radical (unpaired) electrons. The third-order valence-corrected chi connectivity index (χ3v) is 4.11. The highest BCUT2D eigenvalue weighted by atomic mass is 16.5. The smallest absolute Gasteiger partial charge is 0.338 e. The molecular formula is C21H18N2O4. The largest absolute Gasteiger partial charge is 0.449 e. The molecule has 3 aromatic carbocycles. The Morgan fingerprint density at radius 1 is 0.889 bits per heavy atom. The number of primary amides is 1. The zero-order valence-corrected chi connectivity index (χ0v) is 14.6. The van der Waals surface area contributed by atoms with Gasteiger partial charge in [-0.1, -0.05) is 36.4 Å². The third kappa shape index (κ3) is 4.12. The minimum atomic E-state index is -0.993. The second-order valence-corrected chi connectivity index (χ2v) is 6.01. The first-order valence-electron chi connectivity index (χ1n) is 8.35. The van der Waals surface area contributed by atoms with Gasteiger partial charge in [-0.2, -0.15) is 0 Å². The molecule has 6 heteroatoms. The number of fused-ring (bicyclic) bond motifs is 1. The molecule has 0 aliphatic carbocycles. The van der Waals surface area contributed by atoms with Gasteiger partial charge in [-0.05, 0) is 42.6 Å². The second-order valence-electron chi connectivity index (χ2n) is 6.01. The first-order chi connectivity index (χ1) is 13.0. The predicted molar refractivity (Wildman–Crippen MR) is 102 cm³/mol. The quantitative estimate of drug-likeness (QED) is 0.681. The molecule has 136 valence electrons. The Morgan fingerprint density at radius 3 is 2.22 bits per heavy atom. The molecule has 0 spiro atoms. The van der Waals surface area contributed by atoms with E-state index in [0.29, 0.717) is 5.69 Å². The van der Waals surface area contributed by atoms with Crippen LogP contribution in [0.15, 0.2) is 66.7 Å². The molecule has 0 aromatic heterocycles. The Bertz CT molecular complexity index is 1010. The van der Waals surface area contributed by atoms with Gasteiger partial charge in [0.25, 0.3) is 5.91 Å². The number of rotatable bonds is 5. The van der Waals surface area contributed by atoms with Crippen LogP contribution in [-0.2, 0) is 9.53 Å². The number of hydrogen-bond acceptors (Lipinski definition) is 4. The highest BCUT2D eigenvalue weighted by molar-refractivity contribution is 6.04. The van der Waals surface area contributed by atoms with Crippen LogP contribution in [0.3, 0.4) is 0 Å². The van der Waals surface area contributed by atoms with Gasteiger partial charge in [-0.15, -0.1) is 0 Å². The first kappa shape index (κ1) is 18.1. The van der Waals surface area contributed by atoms with E-state index in [1.807, 2.05) is 36.4 Å². The van der Waals surface area contributed by atoms with Crippen molar-refractivity contribution >= 4 is 34.2 Å². The molecule has 0 heterocycles. The van der Waals surface area contributed by atoms with Gasteiger partial charge in [-0.25, -0.2) is 4.79 Å². The number of benzene rings is 3. The van der Waals surface area contributed by atoms with Gasteiger partial charge < -0.3 is 15.8 Å². The highest BCUT2D eigenvalue weighted by Gasteiger charge is 2.19. The van der Waals surface area contributed by atoms with Crippen molar-refractivity contribution in [3.63, 3.8) is 0 Å². The summed E-state index contributed by atoms with van der Waals surface area (Å²) in [7, 11) is 0. The van der Waals surface area contributed by atoms with Crippen LogP contribution in [0, 0.1) is 0 Å². The van der Waals surface area contributed by atoms with Gasteiger partial charge in [0.2, 0.25) is 5.91 Å². The van der Waals surface area contributed by atoms with E-state index in [1.54, 1.807) is 6.07 Å². The molecule has 6 nitrogen and oxygen atoms in total. The standard InChI is InChI=1S/C21H18N2O4/c1-13(27-21(26)16-11-9-15(10-12-16)19(22)24)20(25)23-18-8-4-6-14-5-2-3-7-17(14)18/h2-13H,1H3,(H2,22,24)(H,23,25). The molecule has 0 bridgehead atoms. The maximum absolute atomic E-state index is 12.4. The number of hydrogen-bond donors (Lipinski definition) is 2. The zero-order valence-electron chi connectivity index (χ0n) is 14.6. The SMILES string of the molecule is CC(OC(=O)c1ccc(C(N)=O)cc1)C(=O)Nc1cccc2ccccc12. The lowest BCUT2D eigenvalue weighted by atomic mass is 10.1. The molecule has 27 heavy (non-hydrogen) atoms. The Morgan fingerprint density at radius 2 is 1.52 bits per heavy atom. The van der Waals surface area contributed by atoms with Crippen molar-refractivity contribution in [2.45, 2.75) is 13.0 Å². The number of carbonyl (C=O) groups excluding carboxylic acids is 3. The van der Waals surface area contributed by atoms with Crippen molar-refractivity contribution < 1.29 is 19.1 Å². The fourth-order valence-corrected chi connectivity index (χ4v) is 2.62. The number of anilines is 1. The van der Waals surface area contributed by atoms with Gasteiger partial charge in [0.1, 0.15) is 0 Å². The molecule has 0 saturated carbocycles. The number of carbonyl (C=O) groups is 3. The van der Waals surface area contributed by atoms with Crippen molar-refractivity contribution in [1.82, 2.24) is 0 Å². The fraction of sp³-hybridized carbons (Fsp3) is 0.0952. The summed E-state index contributed by atoms with van der Waals surface area (Å²) in [6.07, 6.45) is -0.993. The van der Waals surface area contributed by atoms with E-state index in [1.165, 1.54) is 31.2 Å². The molecule has 1 atom stereocenters. The average molecular weight is 362 g/mol. The van der Waals surface area contributed by atoms with Crippen molar-refractivity contribution in [1.29, 1.82) is 0 Å². The second kappa shape index (κ2) is 7.70. The molecular weight excluding hydrogens is 344 g/mol. The number of amides is 2. The van der Waals surface area contributed by atoms with Crippen LogP contribution in [-0.4, -0.2) is 23.9 Å². The Balaban J connectivity index is 1.68. The fourth-order valence-electron chi connectivity index (χ4n) is 2.62. The van der Waals surface area contributed by atoms with Crippen LogP contribution in [0.5, 0.6) is 0 Å². The summed E-state index contributed by atoms with van der Waals surface area (Å²) in [5.41, 5.74) is 6.32. The summed E-state index contributed by atoms with van der Waals surface area (Å²) < 4.78 is 5.22. The van der Waals surface area contributed by atoms with E-state index in [9.17, 15) is 14.4 Å². The van der Waals surface area contributed by atoms with Crippen LogP contribution in [0.2, 0.25) is 0 Å². The summed E-state index contributed by atoms with van der Waals surface area (Å²) in [6, 6.07) is 19.0. The highest BCUT2D eigenvalue weighted by Crippen LogP contribution is 2.23. The minimum absolute atomic E-state index is 0.227. The van der Waals surface area contributed by atoms with Gasteiger partial charge in [0, 0.05) is 16.6 Å². The lowest BCUT2D eigenvalue weighted by Gasteiger charge is -2.15. The lowest BCUT2D eigenvalue weighted by molar-refractivity contribution is -0.123. The monoisotopic (exact) mass is 362 g/mol. The first-order valence-corrected chi connectivity index (χ1v) is 8.35. The Kier molecular flexibility index (Phi) is 5.17. The third-order valence-electron chi connectivity index (χ3n) is 4.11. The summed E-state index contributed by atoms with van der Waals surface area (Å²) in [6.45, 7) is 1.50. The van der Waals surface area contributed by atoms with E-state index in [4.69, 9.17) is 10.5 Å². The lowest BCUT2D eigenvalue weighted by Crippen LogP contribution is -2.30. The molecule has 0 saturated heterocycles. The molecule has 3 N–H and O–H groups in total. The van der Waals surface area contributed by atoms with Gasteiger partial charge >= 0.3 is 5.97 Å². The van der Waals surface area contributed by atoms with Gasteiger partial charge in [0.05, 0.1) is 5.56 Å². The van der Waals surface area contributed by atoms with E-state index in [-0.39, 0.29) is 11.1 Å². The van der Waals surface area contributed by atoms with Crippen LogP contribution in [0.1, 0.15) is 27.6 Å².